The Morgan fingerprint density at radius 1 is 1.23 bits per heavy atom. The van der Waals surface area contributed by atoms with Crippen LogP contribution in [0.4, 0.5) is 4.79 Å². The van der Waals surface area contributed by atoms with Gasteiger partial charge in [0.05, 0.1) is 13.2 Å². The van der Waals surface area contributed by atoms with Crippen LogP contribution in [-0.4, -0.2) is 43.4 Å². The number of Topliss-reactive ketones (excluding diaryl/α,β-unsaturated/α-hetero) is 1. The maximum Gasteiger partial charge on any atom is 0.410 e. The van der Waals surface area contributed by atoms with E-state index in [0.717, 1.165) is 30.8 Å². The summed E-state index contributed by atoms with van der Waals surface area (Å²) >= 11 is 0. The predicted octanol–water partition coefficient (Wildman–Crippen LogP) is 5.74. The van der Waals surface area contributed by atoms with Crippen LogP contribution in [0, 0.1) is 11.3 Å². The zero-order valence-corrected chi connectivity index (χ0v) is 24.0. The van der Waals surface area contributed by atoms with Gasteiger partial charge in [0.15, 0.2) is 5.78 Å². The minimum absolute atomic E-state index is 0.149. The number of methoxy groups -OCH3 is 1. The van der Waals surface area contributed by atoms with E-state index >= 15 is 0 Å². The van der Waals surface area contributed by atoms with Gasteiger partial charge in [-0.2, -0.15) is 0 Å². The zero-order chi connectivity index (χ0) is 29.3. The molecule has 1 aromatic heterocycles. The molecule has 1 aliphatic heterocycles. The second-order valence-corrected chi connectivity index (χ2v) is 11.1. The number of carbonyl (C=O) groups is 2. The number of alkyl carbamates (subject to hydrolysis) is 1. The van der Waals surface area contributed by atoms with E-state index in [1.807, 2.05) is 45.0 Å². The molecule has 0 bridgehead atoms. The Kier molecular flexibility index (Phi) is 11.0. The zero-order valence-electron chi connectivity index (χ0n) is 24.0. The van der Waals surface area contributed by atoms with Crippen molar-refractivity contribution < 1.29 is 33.3 Å². The number of ether oxygens (including phenoxy) is 3. The molecule has 1 saturated heterocycles. The first-order chi connectivity index (χ1) is 19.0. The fourth-order valence-electron chi connectivity index (χ4n) is 4.65. The van der Waals surface area contributed by atoms with E-state index in [-0.39, 0.29) is 23.3 Å². The summed E-state index contributed by atoms with van der Waals surface area (Å²) in [7, 11) is 1.28. The summed E-state index contributed by atoms with van der Waals surface area (Å²) in [4.78, 5) is 37.3. The SMILES string of the molecule is COC(=O)N/C=C/CC[C@H](C)c1cc(O)c(C(=O)C(C)C(C)(C)Cc2ccc(OCC3CCCO3)cc2)c(=O)o1. The van der Waals surface area contributed by atoms with E-state index in [4.69, 9.17) is 13.9 Å². The van der Waals surface area contributed by atoms with Crippen LogP contribution in [0.5, 0.6) is 11.5 Å². The fourth-order valence-corrected chi connectivity index (χ4v) is 4.65. The molecule has 1 aliphatic rings. The van der Waals surface area contributed by atoms with Crippen LogP contribution in [0.3, 0.4) is 0 Å². The Balaban J connectivity index is 1.61. The first-order valence-electron chi connectivity index (χ1n) is 13.8. The molecule has 1 aromatic carbocycles. The number of ketones is 1. The molecule has 0 aliphatic carbocycles. The third kappa shape index (κ3) is 8.45. The van der Waals surface area contributed by atoms with E-state index < -0.39 is 28.8 Å². The van der Waals surface area contributed by atoms with Gasteiger partial charge in [-0.1, -0.05) is 45.9 Å². The Bertz CT molecular complexity index is 1220. The van der Waals surface area contributed by atoms with Gasteiger partial charge in [0.25, 0.3) is 0 Å². The summed E-state index contributed by atoms with van der Waals surface area (Å²) in [5.74, 6) is -0.524. The normalized spacial score (nSPS) is 17.0. The third-order valence-corrected chi connectivity index (χ3v) is 7.56. The van der Waals surface area contributed by atoms with Crippen molar-refractivity contribution in [1.29, 1.82) is 0 Å². The molecule has 2 aromatic rings. The van der Waals surface area contributed by atoms with Crippen molar-refractivity contribution in [3.8, 4) is 11.5 Å². The average Bonchev–Trinajstić information content (AvgIpc) is 3.45. The van der Waals surface area contributed by atoms with Gasteiger partial charge in [-0.05, 0) is 55.2 Å². The Labute approximate surface area is 235 Å². The van der Waals surface area contributed by atoms with Crippen LogP contribution in [0.2, 0.25) is 0 Å². The topological polar surface area (TPSA) is 124 Å². The lowest BCUT2D eigenvalue weighted by Crippen LogP contribution is -2.33. The van der Waals surface area contributed by atoms with E-state index in [0.29, 0.717) is 31.6 Å². The highest BCUT2D eigenvalue weighted by molar-refractivity contribution is 6.00. The number of benzene rings is 1. The molecule has 40 heavy (non-hydrogen) atoms. The fraction of sp³-hybridized carbons (Fsp3) is 0.516. The number of aromatic hydroxyl groups is 1. The quantitative estimate of drug-likeness (QED) is 0.300. The van der Waals surface area contributed by atoms with Crippen molar-refractivity contribution in [3.63, 3.8) is 0 Å². The van der Waals surface area contributed by atoms with Gasteiger partial charge in [-0.3, -0.25) is 10.1 Å². The lowest BCUT2D eigenvalue weighted by atomic mass is 9.72. The molecular formula is C31H41NO8. The van der Waals surface area contributed by atoms with Crippen molar-refractivity contribution in [2.24, 2.45) is 11.3 Å². The number of hydrogen-bond acceptors (Lipinski definition) is 8. The molecule has 1 fully saturated rings. The summed E-state index contributed by atoms with van der Waals surface area (Å²) in [5, 5.41) is 13.1. The molecule has 3 rings (SSSR count). The molecule has 0 spiro atoms. The van der Waals surface area contributed by atoms with Crippen molar-refractivity contribution in [3.05, 3.63) is 69.9 Å². The molecule has 2 N–H and O–H groups in total. The van der Waals surface area contributed by atoms with Crippen LogP contribution < -0.4 is 15.7 Å². The van der Waals surface area contributed by atoms with Gasteiger partial charge in [0, 0.05) is 30.7 Å². The van der Waals surface area contributed by atoms with Gasteiger partial charge in [0.2, 0.25) is 0 Å². The molecule has 2 unspecified atom stereocenters. The predicted molar refractivity (Wildman–Crippen MR) is 151 cm³/mol. The van der Waals surface area contributed by atoms with E-state index in [1.54, 1.807) is 13.0 Å². The van der Waals surface area contributed by atoms with Gasteiger partial charge in [0.1, 0.15) is 29.4 Å². The minimum Gasteiger partial charge on any atom is -0.507 e. The third-order valence-electron chi connectivity index (χ3n) is 7.56. The van der Waals surface area contributed by atoms with Crippen molar-refractivity contribution >= 4 is 11.9 Å². The summed E-state index contributed by atoms with van der Waals surface area (Å²) in [5.41, 5.74) is -0.640. The lowest BCUT2D eigenvalue weighted by molar-refractivity contribution is 0.0679. The Hall–Kier alpha value is -3.59. The second kappa shape index (κ2) is 14.2. The number of amides is 1. The van der Waals surface area contributed by atoms with Gasteiger partial charge < -0.3 is 23.7 Å². The molecule has 2 heterocycles. The molecule has 0 saturated carbocycles. The van der Waals surface area contributed by atoms with E-state index in [2.05, 4.69) is 10.1 Å². The number of carbonyl (C=O) groups excluding carboxylic acids is 2. The molecule has 0 radical (unpaired) electrons. The van der Waals surface area contributed by atoms with Gasteiger partial charge in [-0.15, -0.1) is 0 Å². The Morgan fingerprint density at radius 2 is 1.95 bits per heavy atom. The van der Waals surface area contributed by atoms with E-state index in [9.17, 15) is 19.5 Å². The van der Waals surface area contributed by atoms with Gasteiger partial charge in [-0.25, -0.2) is 9.59 Å². The molecule has 9 nitrogen and oxygen atoms in total. The lowest BCUT2D eigenvalue weighted by Gasteiger charge is -2.31. The van der Waals surface area contributed by atoms with E-state index in [1.165, 1.54) is 19.4 Å². The van der Waals surface area contributed by atoms with Crippen molar-refractivity contribution in [2.45, 2.75) is 71.8 Å². The van der Waals surface area contributed by atoms with Crippen LogP contribution in [0.15, 0.2) is 51.8 Å². The first-order valence-corrected chi connectivity index (χ1v) is 13.8. The van der Waals surface area contributed by atoms with Gasteiger partial charge >= 0.3 is 11.7 Å². The smallest absolute Gasteiger partial charge is 0.410 e. The standard InChI is InChI=1S/C31H41NO8/c1-20(9-6-7-15-32-30(36)37-5)26-17-25(33)27(29(35)40-26)28(34)21(2)31(3,4)18-22-11-13-23(14-12-22)39-19-24-10-8-16-38-24/h7,11-15,17,20-21,24,33H,6,8-10,16,18-19H2,1-5H3,(H,32,36)/b15-7+/t20-,21?,24?/m0/s1. The minimum atomic E-state index is -0.842. The summed E-state index contributed by atoms with van der Waals surface area (Å²) < 4.78 is 21.4. The summed E-state index contributed by atoms with van der Waals surface area (Å²) in [6, 6.07) is 9.14. The highest BCUT2D eigenvalue weighted by atomic mass is 16.5. The van der Waals surface area contributed by atoms with Crippen LogP contribution >= 0.6 is 0 Å². The maximum atomic E-state index is 13.4. The number of nitrogens with one attached hydrogen (secondary N) is 1. The summed E-state index contributed by atoms with van der Waals surface area (Å²) in [6.45, 7) is 8.88. The first kappa shape index (κ1) is 30.9. The number of rotatable bonds is 13. The van der Waals surface area contributed by atoms with Crippen LogP contribution in [0.1, 0.15) is 81.0 Å². The average molecular weight is 556 g/mol. The Morgan fingerprint density at radius 3 is 2.58 bits per heavy atom. The van der Waals surface area contributed by atoms with Crippen LogP contribution in [0.25, 0.3) is 0 Å². The molecule has 1 amide bonds. The highest BCUT2D eigenvalue weighted by Gasteiger charge is 2.35. The molecule has 9 heteroatoms. The largest absolute Gasteiger partial charge is 0.507 e. The van der Waals surface area contributed by atoms with Crippen LogP contribution in [-0.2, 0) is 15.9 Å². The number of allylic oxidation sites excluding steroid dienone is 1. The highest BCUT2D eigenvalue weighted by Crippen LogP contribution is 2.35. The second-order valence-electron chi connectivity index (χ2n) is 11.1. The number of hydrogen-bond donors (Lipinski definition) is 2. The molecule has 3 atom stereocenters. The maximum absolute atomic E-state index is 13.4. The molecule has 218 valence electrons. The molecular weight excluding hydrogens is 514 g/mol. The monoisotopic (exact) mass is 555 g/mol. The van der Waals surface area contributed by atoms with Crippen molar-refractivity contribution in [1.82, 2.24) is 5.32 Å². The van der Waals surface area contributed by atoms with Crippen molar-refractivity contribution in [2.75, 3.05) is 20.3 Å². The summed E-state index contributed by atoms with van der Waals surface area (Å²) in [6.07, 6.45) is 6.67.